The maximum absolute atomic E-state index is 12.7. The van der Waals surface area contributed by atoms with Crippen LogP contribution < -0.4 is 5.43 Å². The van der Waals surface area contributed by atoms with E-state index in [1.54, 1.807) is 17.6 Å². The monoisotopic (exact) mass is 334 g/mol. The number of thiophene rings is 1. The van der Waals surface area contributed by atoms with Crippen molar-refractivity contribution >= 4 is 23.5 Å². The molecule has 3 nitrogen and oxygen atoms in total. The highest BCUT2D eigenvalue weighted by Crippen LogP contribution is 2.24. The molecule has 4 heteroatoms. The fraction of sp³-hybridized carbons (Fsp3) is 0.100. The Bertz CT molecular complexity index is 786. The van der Waals surface area contributed by atoms with E-state index >= 15 is 0 Å². The van der Waals surface area contributed by atoms with Crippen molar-refractivity contribution in [2.75, 3.05) is 0 Å². The van der Waals surface area contributed by atoms with E-state index in [0.717, 1.165) is 16.0 Å². The molecule has 1 aromatic heterocycles. The molecule has 0 saturated carbocycles. The van der Waals surface area contributed by atoms with Gasteiger partial charge in [0.2, 0.25) is 0 Å². The van der Waals surface area contributed by atoms with Crippen LogP contribution in [0.4, 0.5) is 0 Å². The lowest BCUT2D eigenvalue weighted by atomic mass is 9.91. The molecule has 0 aliphatic heterocycles. The van der Waals surface area contributed by atoms with E-state index in [1.807, 2.05) is 79.7 Å². The zero-order valence-corrected chi connectivity index (χ0v) is 14.2. The first kappa shape index (κ1) is 16.1. The van der Waals surface area contributed by atoms with Crippen molar-refractivity contribution in [1.82, 2.24) is 5.43 Å². The minimum Gasteiger partial charge on any atom is -0.272 e. The van der Waals surface area contributed by atoms with E-state index in [2.05, 4.69) is 10.5 Å². The predicted molar refractivity (Wildman–Crippen MR) is 99.5 cm³/mol. The van der Waals surface area contributed by atoms with Crippen molar-refractivity contribution in [3.63, 3.8) is 0 Å². The van der Waals surface area contributed by atoms with Gasteiger partial charge in [0, 0.05) is 9.75 Å². The molecule has 0 aliphatic rings. The highest BCUT2D eigenvalue weighted by atomic mass is 32.1. The van der Waals surface area contributed by atoms with Gasteiger partial charge in [0.15, 0.2) is 0 Å². The molecular weight excluding hydrogens is 316 g/mol. The number of rotatable bonds is 5. The molecule has 0 bridgehead atoms. The van der Waals surface area contributed by atoms with Gasteiger partial charge in [-0.25, -0.2) is 5.43 Å². The zero-order chi connectivity index (χ0) is 16.8. The fourth-order valence-electron chi connectivity index (χ4n) is 2.53. The number of carbonyl (C=O) groups is 1. The second-order valence-corrected chi connectivity index (χ2v) is 6.76. The Hall–Kier alpha value is -2.72. The average molecular weight is 334 g/mol. The van der Waals surface area contributed by atoms with Crippen molar-refractivity contribution in [1.29, 1.82) is 0 Å². The summed E-state index contributed by atoms with van der Waals surface area (Å²) in [6.07, 6.45) is 1.68. The highest BCUT2D eigenvalue weighted by molar-refractivity contribution is 7.13. The second kappa shape index (κ2) is 7.70. The molecule has 0 aliphatic carbocycles. The van der Waals surface area contributed by atoms with E-state index in [-0.39, 0.29) is 11.8 Å². The summed E-state index contributed by atoms with van der Waals surface area (Å²) in [4.78, 5) is 15.0. The fourth-order valence-corrected chi connectivity index (χ4v) is 3.28. The van der Waals surface area contributed by atoms with Gasteiger partial charge in [-0.15, -0.1) is 11.3 Å². The number of nitrogens with one attached hydrogen (secondary N) is 1. The molecule has 120 valence electrons. The molecule has 0 fully saturated rings. The van der Waals surface area contributed by atoms with Gasteiger partial charge in [-0.1, -0.05) is 60.7 Å². The number of hydrogen-bond acceptors (Lipinski definition) is 3. The summed E-state index contributed by atoms with van der Waals surface area (Å²) in [7, 11) is 0. The Balaban J connectivity index is 1.80. The molecule has 3 rings (SSSR count). The lowest BCUT2D eigenvalue weighted by Gasteiger charge is -2.16. The lowest BCUT2D eigenvalue weighted by Crippen LogP contribution is -2.26. The smallest absolute Gasteiger partial charge is 0.252 e. The average Bonchev–Trinajstić information content (AvgIpc) is 3.02. The van der Waals surface area contributed by atoms with E-state index in [4.69, 9.17) is 0 Å². The van der Waals surface area contributed by atoms with Crippen LogP contribution in [-0.2, 0) is 4.79 Å². The van der Waals surface area contributed by atoms with Gasteiger partial charge in [0.25, 0.3) is 5.91 Å². The van der Waals surface area contributed by atoms with Crippen LogP contribution in [-0.4, -0.2) is 12.1 Å². The van der Waals surface area contributed by atoms with Crippen LogP contribution in [0, 0.1) is 6.92 Å². The minimum atomic E-state index is -0.380. The molecule has 0 atom stereocenters. The van der Waals surface area contributed by atoms with Crippen LogP contribution >= 0.6 is 11.3 Å². The lowest BCUT2D eigenvalue weighted by molar-refractivity contribution is -0.121. The first-order chi connectivity index (χ1) is 11.7. The Labute approximate surface area is 145 Å². The Morgan fingerprint density at radius 1 is 0.958 bits per heavy atom. The first-order valence-corrected chi connectivity index (χ1v) is 8.55. The molecule has 0 spiro atoms. The van der Waals surface area contributed by atoms with Gasteiger partial charge in [0.05, 0.1) is 12.1 Å². The van der Waals surface area contributed by atoms with E-state index in [0.29, 0.717) is 0 Å². The summed E-state index contributed by atoms with van der Waals surface area (Å²) >= 11 is 1.64. The highest BCUT2D eigenvalue weighted by Gasteiger charge is 2.22. The van der Waals surface area contributed by atoms with Crippen molar-refractivity contribution in [2.24, 2.45) is 5.10 Å². The molecule has 0 radical (unpaired) electrons. The second-order valence-electron chi connectivity index (χ2n) is 5.44. The summed E-state index contributed by atoms with van der Waals surface area (Å²) in [6, 6.07) is 23.5. The summed E-state index contributed by atoms with van der Waals surface area (Å²) in [5, 5.41) is 4.11. The molecular formula is C20H18N2OS. The SMILES string of the molecule is Cc1ccc(C=NNC(=O)C(c2ccccc2)c2ccccc2)s1. The van der Waals surface area contributed by atoms with E-state index in [1.165, 1.54) is 4.88 Å². The van der Waals surface area contributed by atoms with Gasteiger partial charge in [-0.3, -0.25) is 4.79 Å². The van der Waals surface area contributed by atoms with Crippen LogP contribution in [0.1, 0.15) is 26.8 Å². The maximum atomic E-state index is 12.7. The summed E-state index contributed by atoms with van der Waals surface area (Å²) in [6.45, 7) is 2.04. The van der Waals surface area contributed by atoms with Crippen molar-refractivity contribution in [2.45, 2.75) is 12.8 Å². The number of carbonyl (C=O) groups excluding carboxylic acids is 1. The topological polar surface area (TPSA) is 41.5 Å². The number of hydrogen-bond donors (Lipinski definition) is 1. The van der Waals surface area contributed by atoms with Crippen molar-refractivity contribution < 1.29 is 4.79 Å². The molecule has 0 saturated heterocycles. The summed E-state index contributed by atoms with van der Waals surface area (Å²) in [5.41, 5.74) is 4.57. The van der Waals surface area contributed by atoms with Crippen LogP contribution in [0.3, 0.4) is 0 Å². The Morgan fingerprint density at radius 2 is 1.54 bits per heavy atom. The van der Waals surface area contributed by atoms with Gasteiger partial charge < -0.3 is 0 Å². The largest absolute Gasteiger partial charge is 0.272 e. The third-order valence-electron chi connectivity index (χ3n) is 3.66. The van der Waals surface area contributed by atoms with Crippen LogP contribution in [0.25, 0.3) is 0 Å². The molecule has 1 amide bonds. The molecule has 2 aromatic carbocycles. The molecule has 1 N–H and O–H groups in total. The van der Waals surface area contributed by atoms with Crippen LogP contribution in [0.5, 0.6) is 0 Å². The van der Waals surface area contributed by atoms with E-state index in [9.17, 15) is 4.79 Å². The van der Waals surface area contributed by atoms with Crippen LogP contribution in [0.2, 0.25) is 0 Å². The third kappa shape index (κ3) is 3.97. The molecule has 3 aromatic rings. The number of hydrazone groups is 1. The van der Waals surface area contributed by atoms with Crippen molar-refractivity contribution in [3.05, 3.63) is 93.7 Å². The zero-order valence-electron chi connectivity index (χ0n) is 13.3. The predicted octanol–water partition coefficient (Wildman–Crippen LogP) is 4.34. The van der Waals surface area contributed by atoms with Gasteiger partial charge in [-0.05, 0) is 30.2 Å². The Kier molecular flexibility index (Phi) is 5.18. The third-order valence-corrected chi connectivity index (χ3v) is 4.59. The quantitative estimate of drug-likeness (QED) is 0.547. The maximum Gasteiger partial charge on any atom is 0.252 e. The van der Waals surface area contributed by atoms with E-state index < -0.39 is 0 Å². The molecule has 0 unspecified atom stereocenters. The number of benzene rings is 2. The Morgan fingerprint density at radius 3 is 2.04 bits per heavy atom. The normalized spacial score (nSPS) is 11.1. The number of nitrogens with zero attached hydrogens (tertiary/aromatic N) is 1. The summed E-state index contributed by atoms with van der Waals surface area (Å²) in [5.74, 6) is -0.522. The van der Waals surface area contributed by atoms with Crippen molar-refractivity contribution in [3.8, 4) is 0 Å². The molecule has 1 heterocycles. The van der Waals surface area contributed by atoms with Gasteiger partial charge in [0.1, 0.15) is 0 Å². The minimum absolute atomic E-state index is 0.142. The van der Waals surface area contributed by atoms with Gasteiger partial charge in [-0.2, -0.15) is 5.10 Å². The summed E-state index contributed by atoms with van der Waals surface area (Å²) < 4.78 is 0. The first-order valence-electron chi connectivity index (χ1n) is 7.73. The number of amides is 1. The number of aryl methyl sites for hydroxylation is 1. The standard InChI is InChI=1S/C20H18N2OS/c1-15-12-13-18(24-15)14-21-22-20(23)19(16-8-4-2-5-9-16)17-10-6-3-7-11-17/h2-14,19H,1H3,(H,22,23). The van der Waals surface area contributed by atoms with Crippen LogP contribution in [0.15, 0.2) is 77.9 Å². The van der Waals surface area contributed by atoms with Gasteiger partial charge >= 0.3 is 0 Å². The molecule has 24 heavy (non-hydrogen) atoms.